The topological polar surface area (TPSA) is 63.6 Å². The van der Waals surface area contributed by atoms with Crippen molar-refractivity contribution in [1.29, 1.82) is 0 Å². The highest BCUT2D eigenvalue weighted by Crippen LogP contribution is 2.67. The van der Waals surface area contributed by atoms with Gasteiger partial charge in [-0.3, -0.25) is 9.59 Å². The molecule has 0 bridgehead atoms. The molecule has 0 aromatic carbocycles. The van der Waals surface area contributed by atoms with Crippen LogP contribution in [0.25, 0.3) is 0 Å². The minimum absolute atomic E-state index is 0.110. The van der Waals surface area contributed by atoms with Crippen molar-refractivity contribution in [1.82, 2.24) is 0 Å². The zero-order valence-corrected chi connectivity index (χ0v) is 18.8. The van der Waals surface area contributed by atoms with Gasteiger partial charge in [-0.15, -0.1) is 0 Å². The average molecular weight is 405 g/mol. The summed E-state index contributed by atoms with van der Waals surface area (Å²) in [6.45, 7) is 7.18. The van der Waals surface area contributed by atoms with Gasteiger partial charge in [0, 0.05) is 18.8 Å². The van der Waals surface area contributed by atoms with E-state index in [0.717, 1.165) is 32.1 Å². The molecule has 0 spiro atoms. The van der Waals surface area contributed by atoms with Gasteiger partial charge in [0.15, 0.2) is 0 Å². The Morgan fingerprint density at radius 1 is 1.14 bits per heavy atom. The van der Waals surface area contributed by atoms with Gasteiger partial charge >= 0.3 is 5.97 Å². The van der Waals surface area contributed by atoms with Crippen LogP contribution in [0.2, 0.25) is 0 Å². The second-order valence-corrected chi connectivity index (χ2v) is 11.4. The minimum atomic E-state index is -0.210. The molecule has 4 heteroatoms. The molecule has 29 heavy (non-hydrogen) atoms. The van der Waals surface area contributed by atoms with Gasteiger partial charge in [0.25, 0.3) is 0 Å². The molecule has 9 atom stereocenters. The lowest BCUT2D eigenvalue weighted by Crippen LogP contribution is -2.57. The Labute approximate surface area is 176 Å². The Morgan fingerprint density at radius 2 is 1.83 bits per heavy atom. The molecule has 4 nitrogen and oxygen atoms in total. The standard InChI is InChI=1S/C25H40O4/c1-15(5-8-22(28)29-4)18-6-7-19-23-20(10-12-25(18,19)3)24(2)11-9-17(26)13-16(24)14-21(23)27/h15-20,23,26H,5-14H2,1-4H3/t15-,16?,17-,18-,19+,20+,23-,24+,25-/m1/s1. The van der Waals surface area contributed by atoms with Gasteiger partial charge in [-0.2, -0.15) is 0 Å². The van der Waals surface area contributed by atoms with Gasteiger partial charge in [0.05, 0.1) is 13.2 Å². The minimum Gasteiger partial charge on any atom is -0.469 e. The molecule has 164 valence electrons. The number of methoxy groups -OCH3 is 1. The SMILES string of the molecule is COC(=O)CC[C@@H](C)[C@H]1CC[C@H]2[C@H]3C(=O)CC4C[C@H](O)CC[C@]4(C)[C@H]3CC[C@]12C. The Morgan fingerprint density at radius 3 is 2.55 bits per heavy atom. The van der Waals surface area contributed by atoms with Gasteiger partial charge in [-0.05, 0) is 91.8 Å². The predicted molar refractivity (Wildman–Crippen MR) is 112 cm³/mol. The maximum absolute atomic E-state index is 13.4. The smallest absolute Gasteiger partial charge is 0.305 e. The van der Waals surface area contributed by atoms with E-state index in [4.69, 9.17) is 4.74 Å². The molecule has 0 aliphatic heterocycles. The summed E-state index contributed by atoms with van der Waals surface area (Å²) in [6.07, 6.45) is 9.40. The summed E-state index contributed by atoms with van der Waals surface area (Å²) < 4.78 is 4.85. The summed E-state index contributed by atoms with van der Waals surface area (Å²) in [7, 11) is 1.47. The third kappa shape index (κ3) is 3.38. The number of hydrogen-bond donors (Lipinski definition) is 1. The molecule has 0 heterocycles. The van der Waals surface area contributed by atoms with Crippen molar-refractivity contribution in [2.24, 2.45) is 46.3 Å². The van der Waals surface area contributed by atoms with Crippen LogP contribution in [0, 0.1) is 46.3 Å². The highest BCUT2D eigenvalue weighted by molar-refractivity contribution is 5.83. The van der Waals surface area contributed by atoms with Crippen molar-refractivity contribution in [3.05, 3.63) is 0 Å². The van der Waals surface area contributed by atoms with Gasteiger partial charge < -0.3 is 9.84 Å². The van der Waals surface area contributed by atoms with Crippen molar-refractivity contribution >= 4 is 11.8 Å². The lowest BCUT2D eigenvalue weighted by Gasteiger charge is -2.60. The van der Waals surface area contributed by atoms with Crippen LogP contribution in [0.15, 0.2) is 0 Å². The number of aliphatic hydroxyl groups excluding tert-OH is 1. The van der Waals surface area contributed by atoms with Gasteiger partial charge in [0.2, 0.25) is 0 Å². The molecule has 0 radical (unpaired) electrons. The Hall–Kier alpha value is -0.900. The number of aliphatic hydroxyl groups is 1. The van der Waals surface area contributed by atoms with Crippen molar-refractivity contribution in [3.63, 3.8) is 0 Å². The van der Waals surface area contributed by atoms with Crippen molar-refractivity contribution < 1.29 is 19.4 Å². The first-order valence-electron chi connectivity index (χ1n) is 12.0. The van der Waals surface area contributed by atoms with E-state index < -0.39 is 0 Å². The number of carbonyl (C=O) groups excluding carboxylic acids is 2. The number of hydrogen-bond acceptors (Lipinski definition) is 4. The number of carbonyl (C=O) groups is 2. The van der Waals surface area contributed by atoms with E-state index in [1.54, 1.807) is 0 Å². The lowest BCUT2D eigenvalue weighted by molar-refractivity contribution is -0.160. The summed E-state index contributed by atoms with van der Waals surface area (Å²) in [5, 5.41) is 10.2. The number of ether oxygens (including phenoxy) is 1. The van der Waals surface area contributed by atoms with E-state index in [0.29, 0.717) is 48.2 Å². The van der Waals surface area contributed by atoms with Crippen LogP contribution >= 0.6 is 0 Å². The fraction of sp³-hybridized carbons (Fsp3) is 0.920. The van der Waals surface area contributed by atoms with Crippen molar-refractivity contribution in [2.45, 2.75) is 91.1 Å². The van der Waals surface area contributed by atoms with E-state index in [1.165, 1.54) is 26.4 Å². The summed E-state index contributed by atoms with van der Waals surface area (Å²) >= 11 is 0. The molecule has 1 N–H and O–H groups in total. The molecule has 0 amide bonds. The average Bonchev–Trinajstić information content (AvgIpc) is 3.04. The Bertz CT molecular complexity index is 659. The van der Waals surface area contributed by atoms with Crippen LogP contribution in [0.1, 0.15) is 85.0 Å². The van der Waals surface area contributed by atoms with Crippen LogP contribution in [0.5, 0.6) is 0 Å². The summed E-state index contributed by atoms with van der Waals surface area (Å²) in [5.41, 5.74) is 0.456. The zero-order valence-electron chi connectivity index (χ0n) is 18.8. The van der Waals surface area contributed by atoms with E-state index in [1.807, 2.05) is 0 Å². The molecular weight excluding hydrogens is 364 g/mol. The second kappa shape index (κ2) is 7.66. The molecule has 4 aliphatic rings. The van der Waals surface area contributed by atoms with Crippen molar-refractivity contribution in [2.75, 3.05) is 7.11 Å². The molecule has 4 fully saturated rings. The van der Waals surface area contributed by atoms with Crippen LogP contribution in [-0.2, 0) is 14.3 Å². The summed E-state index contributed by atoms with van der Waals surface area (Å²) in [5.74, 6) is 3.08. The number of esters is 1. The van der Waals surface area contributed by atoms with Crippen LogP contribution in [0.4, 0.5) is 0 Å². The third-order valence-corrected chi connectivity index (χ3v) is 10.2. The zero-order chi connectivity index (χ0) is 21.0. The molecule has 4 rings (SSSR count). The molecule has 0 aromatic heterocycles. The van der Waals surface area contributed by atoms with Crippen LogP contribution in [0.3, 0.4) is 0 Å². The highest BCUT2D eigenvalue weighted by Gasteiger charge is 2.62. The van der Waals surface area contributed by atoms with Gasteiger partial charge in [0.1, 0.15) is 5.78 Å². The number of fused-ring (bicyclic) bond motifs is 5. The third-order valence-electron chi connectivity index (χ3n) is 10.2. The summed E-state index contributed by atoms with van der Waals surface area (Å²) in [6, 6.07) is 0. The molecule has 4 aliphatic carbocycles. The maximum atomic E-state index is 13.4. The van der Waals surface area contributed by atoms with E-state index >= 15 is 0 Å². The number of Topliss-reactive ketones (excluding diaryl/α,β-unsaturated/α-hetero) is 1. The van der Waals surface area contributed by atoms with E-state index in [-0.39, 0.29) is 28.8 Å². The molecule has 0 aromatic rings. The van der Waals surface area contributed by atoms with Gasteiger partial charge in [-0.1, -0.05) is 20.8 Å². The van der Waals surface area contributed by atoms with Crippen LogP contribution in [-0.4, -0.2) is 30.1 Å². The number of rotatable bonds is 4. The molecular formula is C25H40O4. The predicted octanol–water partition coefficient (Wildman–Crippen LogP) is 4.77. The fourth-order valence-corrected chi connectivity index (χ4v) is 8.53. The normalized spacial score (nSPS) is 47.7. The second-order valence-electron chi connectivity index (χ2n) is 11.4. The van der Waals surface area contributed by atoms with E-state index in [9.17, 15) is 14.7 Å². The Balaban J connectivity index is 1.53. The first kappa shape index (κ1) is 21.3. The van der Waals surface area contributed by atoms with Gasteiger partial charge in [-0.25, -0.2) is 0 Å². The number of ketones is 1. The monoisotopic (exact) mass is 404 g/mol. The quantitative estimate of drug-likeness (QED) is 0.685. The molecule has 1 unspecified atom stereocenters. The summed E-state index contributed by atoms with van der Waals surface area (Å²) in [4.78, 5) is 25.0. The fourth-order valence-electron chi connectivity index (χ4n) is 8.53. The molecule has 4 saturated carbocycles. The first-order valence-corrected chi connectivity index (χ1v) is 12.0. The maximum Gasteiger partial charge on any atom is 0.305 e. The lowest BCUT2D eigenvalue weighted by atomic mass is 9.44. The van der Waals surface area contributed by atoms with Crippen molar-refractivity contribution in [3.8, 4) is 0 Å². The van der Waals surface area contributed by atoms with Crippen LogP contribution < -0.4 is 0 Å². The Kier molecular flexibility index (Phi) is 5.63. The van der Waals surface area contributed by atoms with E-state index in [2.05, 4.69) is 20.8 Å². The highest BCUT2D eigenvalue weighted by atomic mass is 16.5. The first-order chi connectivity index (χ1) is 13.7. The largest absolute Gasteiger partial charge is 0.469 e. The molecule has 0 saturated heterocycles.